The molecule has 0 aromatic carbocycles. The fourth-order valence-corrected chi connectivity index (χ4v) is 2.74. The molecule has 1 atom stereocenters. The van der Waals surface area contributed by atoms with E-state index < -0.39 is 0 Å². The van der Waals surface area contributed by atoms with Crippen LogP contribution >= 0.6 is 0 Å². The first-order chi connectivity index (χ1) is 6.86. The largest absolute Gasteiger partial charge is 0.462 e. The quantitative estimate of drug-likeness (QED) is 0.602. The summed E-state index contributed by atoms with van der Waals surface area (Å²) in [7, 11) is 0. The summed E-state index contributed by atoms with van der Waals surface area (Å²) in [6, 6.07) is 0. The molecule has 14 heavy (non-hydrogen) atoms. The Kier molecular flexibility index (Phi) is 3.44. The molecule has 1 saturated carbocycles. The minimum atomic E-state index is 0.0399. The first kappa shape index (κ1) is 10.0. The maximum Gasteiger partial charge on any atom is 0.306 e. The Hall–Kier alpha value is -0.530. The van der Waals surface area contributed by atoms with Gasteiger partial charge in [-0.1, -0.05) is 19.3 Å². The molecule has 2 aliphatic rings. The van der Waals surface area contributed by atoms with E-state index in [9.17, 15) is 4.79 Å². The molecular weight excluding hydrogens is 176 g/mol. The Morgan fingerprint density at radius 3 is 2.43 bits per heavy atom. The van der Waals surface area contributed by atoms with Crippen LogP contribution in [-0.2, 0) is 9.53 Å². The third-order valence-electron chi connectivity index (χ3n) is 3.58. The molecular formula is C12H20O2. The van der Waals surface area contributed by atoms with E-state index in [-0.39, 0.29) is 12.1 Å². The second-order valence-corrected chi connectivity index (χ2v) is 4.67. The minimum absolute atomic E-state index is 0.0399. The molecule has 0 radical (unpaired) electrons. The molecule has 2 fully saturated rings. The fourth-order valence-electron chi connectivity index (χ4n) is 2.74. The van der Waals surface area contributed by atoms with Crippen molar-refractivity contribution < 1.29 is 9.53 Å². The van der Waals surface area contributed by atoms with E-state index in [0.29, 0.717) is 12.3 Å². The summed E-state index contributed by atoms with van der Waals surface area (Å²) in [6.45, 7) is 0. The maximum absolute atomic E-state index is 11.3. The van der Waals surface area contributed by atoms with Crippen LogP contribution in [0.15, 0.2) is 0 Å². The number of cyclic esters (lactones) is 1. The van der Waals surface area contributed by atoms with Gasteiger partial charge in [0.25, 0.3) is 0 Å². The van der Waals surface area contributed by atoms with E-state index in [2.05, 4.69) is 0 Å². The Morgan fingerprint density at radius 2 is 1.64 bits per heavy atom. The zero-order valence-electron chi connectivity index (χ0n) is 8.84. The summed E-state index contributed by atoms with van der Waals surface area (Å²) in [5.74, 6) is 0.712. The third-order valence-corrected chi connectivity index (χ3v) is 3.58. The summed E-state index contributed by atoms with van der Waals surface area (Å²) in [5, 5.41) is 0. The highest BCUT2D eigenvalue weighted by atomic mass is 16.5. The van der Waals surface area contributed by atoms with E-state index >= 15 is 0 Å². The third kappa shape index (κ3) is 2.49. The normalized spacial score (nSPS) is 30.9. The molecule has 0 aromatic heterocycles. The van der Waals surface area contributed by atoms with Crippen molar-refractivity contribution in [1.29, 1.82) is 0 Å². The second-order valence-electron chi connectivity index (χ2n) is 4.67. The van der Waals surface area contributed by atoms with Crippen LogP contribution in [0.2, 0.25) is 0 Å². The van der Waals surface area contributed by atoms with Gasteiger partial charge in [0.2, 0.25) is 0 Å². The van der Waals surface area contributed by atoms with Gasteiger partial charge in [-0.2, -0.15) is 0 Å². The van der Waals surface area contributed by atoms with E-state index in [1.54, 1.807) is 0 Å². The molecule has 1 heterocycles. The molecule has 80 valence electrons. The molecule has 0 bridgehead atoms. The molecule has 1 aliphatic heterocycles. The topological polar surface area (TPSA) is 26.3 Å². The van der Waals surface area contributed by atoms with Crippen LogP contribution < -0.4 is 0 Å². The van der Waals surface area contributed by atoms with Gasteiger partial charge in [0.1, 0.15) is 6.10 Å². The second kappa shape index (κ2) is 4.81. The number of ether oxygens (including phenoxy) is 1. The zero-order chi connectivity index (χ0) is 9.80. The molecule has 0 unspecified atom stereocenters. The van der Waals surface area contributed by atoms with Crippen LogP contribution in [0.3, 0.4) is 0 Å². The van der Waals surface area contributed by atoms with E-state index in [0.717, 1.165) is 12.8 Å². The average molecular weight is 196 g/mol. The number of hydrogen-bond donors (Lipinski definition) is 0. The highest BCUT2D eigenvalue weighted by Gasteiger charge is 2.27. The fraction of sp³-hybridized carbons (Fsp3) is 0.917. The van der Waals surface area contributed by atoms with E-state index in [1.807, 2.05) is 0 Å². The first-order valence-electron chi connectivity index (χ1n) is 6.06. The lowest BCUT2D eigenvalue weighted by atomic mass is 9.83. The van der Waals surface area contributed by atoms with Crippen LogP contribution in [0.5, 0.6) is 0 Å². The van der Waals surface area contributed by atoms with Gasteiger partial charge in [-0.05, 0) is 38.0 Å². The number of rotatable bonds is 1. The van der Waals surface area contributed by atoms with Crippen molar-refractivity contribution in [2.75, 3.05) is 0 Å². The molecule has 0 aromatic rings. The Labute approximate surface area is 86.0 Å². The molecule has 2 rings (SSSR count). The highest BCUT2D eigenvalue weighted by Crippen LogP contribution is 2.31. The molecule has 1 saturated heterocycles. The lowest BCUT2D eigenvalue weighted by Crippen LogP contribution is -2.27. The standard InChI is InChI=1S/C12H20O2/c13-12-9-5-4-8-11(14-12)10-6-2-1-3-7-10/h10-11H,1-9H2/t11-/m0/s1. The van der Waals surface area contributed by atoms with Gasteiger partial charge in [-0.15, -0.1) is 0 Å². The lowest BCUT2D eigenvalue weighted by molar-refractivity contribution is -0.151. The summed E-state index contributed by atoms with van der Waals surface area (Å²) in [4.78, 5) is 11.3. The van der Waals surface area contributed by atoms with Crippen LogP contribution in [0.25, 0.3) is 0 Å². The molecule has 0 spiro atoms. The first-order valence-corrected chi connectivity index (χ1v) is 6.06. The Balaban J connectivity index is 1.90. The summed E-state index contributed by atoms with van der Waals surface area (Å²) < 4.78 is 5.51. The van der Waals surface area contributed by atoms with Gasteiger partial charge in [-0.25, -0.2) is 0 Å². The van der Waals surface area contributed by atoms with Crippen molar-refractivity contribution in [3.8, 4) is 0 Å². The Morgan fingerprint density at radius 1 is 0.929 bits per heavy atom. The Bertz CT molecular complexity index is 194. The van der Waals surface area contributed by atoms with E-state index in [4.69, 9.17) is 4.74 Å². The molecule has 2 nitrogen and oxygen atoms in total. The van der Waals surface area contributed by atoms with Gasteiger partial charge in [0.05, 0.1) is 0 Å². The summed E-state index contributed by atoms with van der Waals surface area (Å²) in [6.07, 6.45) is 10.8. The van der Waals surface area contributed by atoms with Gasteiger partial charge in [0, 0.05) is 6.42 Å². The summed E-state index contributed by atoms with van der Waals surface area (Å²) >= 11 is 0. The number of carbonyl (C=O) groups excluding carboxylic acids is 1. The molecule has 2 heteroatoms. The number of carbonyl (C=O) groups is 1. The van der Waals surface area contributed by atoms with Crippen LogP contribution in [0, 0.1) is 5.92 Å². The lowest BCUT2D eigenvalue weighted by Gasteiger charge is -2.28. The van der Waals surface area contributed by atoms with Crippen LogP contribution in [-0.4, -0.2) is 12.1 Å². The predicted octanol–water partition coefficient (Wildman–Crippen LogP) is 3.05. The number of esters is 1. The minimum Gasteiger partial charge on any atom is -0.462 e. The van der Waals surface area contributed by atoms with Crippen molar-refractivity contribution in [1.82, 2.24) is 0 Å². The number of hydrogen-bond acceptors (Lipinski definition) is 2. The van der Waals surface area contributed by atoms with Crippen molar-refractivity contribution in [2.45, 2.75) is 63.9 Å². The SMILES string of the molecule is O=C1CCCC[C@@H](C2CCCCC2)O1. The van der Waals surface area contributed by atoms with Gasteiger partial charge in [0.15, 0.2) is 0 Å². The average Bonchev–Trinajstić information content (AvgIpc) is 2.44. The van der Waals surface area contributed by atoms with Crippen molar-refractivity contribution in [3.05, 3.63) is 0 Å². The van der Waals surface area contributed by atoms with Crippen molar-refractivity contribution >= 4 is 5.97 Å². The van der Waals surface area contributed by atoms with E-state index in [1.165, 1.54) is 38.5 Å². The molecule has 0 amide bonds. The van der Waals surface area contributed by atoms with Gasteiger partial charge < -0.3 is 4.74 Å². The molecule has 0 N–H and O–H groups in total. The summed E-state index contributed by atoms with van der Waals surface area (Å²) in [5.41, 5.74) is 0. The maximum atomic E-state index is 11.3. The monoisotopic (exact) mass is 196 g/mol. The zero-order valence-corrected chi connectivity index (χ0v) is 8.84. The van der Waals surface area contributed by atoms with Gasteiger partial charge in [-0.3, -0.25) is 4.79 Å². The van der Waals surface area contributed by atoms with Crippen molar-refractivity contribution in [3.63, 3.8) is 0 Å². The van der Waals surface area contributed by atoms with Crippen LogP contribution in [0.4, 0.5) is 0 Å². The van der Waals surface area contributed by atoms with Gasteiger partial charge >= 0.3 is 5.97 Å². The van der Waals surface area contributed by atoms with Crippen molar-refractivity contribution in [2.24, 2.45) is 5.92 Å². The smallest absolute Gasteiger partial charge is 0.306 e. The van der Waals surface area contributed by atoms with Crippen LogP contribution in [0.1, 0.15) is 57.8 Å². The molecule has 1 aliphatic carbocycles. The predicted molar refractivity (Wildman–Crippen MR) is 54.9 cm³/mol. The highest BCUT2D eigenvalue weighted by molar-refractivity contribution is 5.69.